The van der Waals surface area contributed by atoms with Crippen LogP contribution in [0.5, 0.6) is 34.5 Å². The zero-order valence-electron chi connectivity index (χ0n) is 19.3. The number of hydrogen-bond acceptors (Lipinski definition) is 8. The summed E-state index contributed by atoms with van der Waals surface area (Å²) >= 11 is 3.40. The number of carbonyl (C=O) groups is 1. The van der Waals surface area contributed by atoms with Gasteiger partial charge >= 0.3 is 5.97 Å². The van der Waals surface area contributed by atoms with E-state index in [1.807, 2.05) is 12.1 Å². The highest BCUT2D eigenvalue weighted by atomic mass is 79.9. The summed E-state index contributed by atoms with van der Waals surface area (Å²) in [7, 11) is 4.38. The van der Waals surface area contributed by atoms with Crippen molar-refractivity contribution in [2.75, 3.05) is 21.3 Å². The number of fused-ring (bicyclic) bond motifs is 1. The third kappa shape index (κ3) is 4.81. The number of para-hydroxylation sites is 1. The van der Waals surface area contributed by atoms with Gasteiger partial charge in [0.1, 0.15) is 22.8 Å². The SMILES string of the molecule is COc1cc(C(=O)Oc2ccc3c(=O)c(Oc4ccccc4Br)c(C)oc3c2)cc(OC)c1OC. The summed E-state index contributed by atoms with van der Waals surface area (Å²) in [5, 5.41) is 0.283. The second-order valence-corrected chi connectivity index (χ2v) is 8.16. The zero-order valence-corrected chi connectivity index (χ0v) is 20.9. The molecule has 0 radical (unpaired) electrons. The van der Waals surface area contributed by atoms with Crippen LogP contribution >= 0.6 is 15.9 Å². The Morgan fingerprint density at radius 3 is 2.17 bits per heavy atom. The number of aryl methyl sites for hydroxylation is 1. The Morgan fingerprint density at radius 1 is 0.857 bits per heavy atom. The maximum atomic E-state index is 13.1. The van der Waals surface area contributed by atoms with Gasteiger partial charge in [0.2, 0.25) is 16.9 Å². The van der Waals surface area contributed by atoms with Crippen molar-refractivity contribution in [3.63, 3.8) is 0 Å². The Labute approximate surface area is 209 Å². The lowest BCUT2D eigenvalue weighted by Gasteiger charge is -2.14. The van der Waals surface area contributed by atoms with Crippen LogP contribution in [0.2, 0.25) is 0 Å². The van der Waals surface area contributed by atoms with Gasteiger partial charge in [-0.1, -0.05) is 12.1 Å². The van der Waals surface area contributed by atoms with Crippen LogP contribution in [-0.2, 0) is 0 Å². The summed E-state index contributed by atoms with van der Waals surface area (Å²) < 4.78 is 33.7. The first-order chi connectivity index (χ1) is 16.9. The standard InChI is InChI=1S/C26H21BrO8/c1-14-24(35-19-8-6-5-7-18(19)27)23(28)17-10-9-16(13-20(17)33-14)34-26(29)15-11-21(30-2)25(32-4)22(12-15)31-3/h5-13H,1-4H3. The van der Waals surface area contributed by atoms with Gasteiger partial charge in [-0.3, -0.25) is 4.79 Å². The first kappa shape index (κ1) is 24.2. The number of halogens is 1. The summed E-state index contributed by atoms with van der Waals surface area (Å²) in [5.74, 6) is 1.37. The molecule has 0 saturated carbocycles. The molecule has 0 amide bonds. The smallest absolute Gasteiger partial charge is 0.343 e. The van der Waals surface area contributed by atoms with Crippen molar-refractivity contribution >= 4 is 32.9 Å². The molecule has 1 aromatic heterocycles. The average Bonchev–Trinajstić information content (AvgIpc) is 2.86. The van der Waals surface area contributed by atoms with Crippen molar-refractivity contribution in [2.45, 2.75) is 6.92 Å². The summed E-state index contributed by atoms with van der Waals surface area (Å²) in [5.41, 5.74) is 0.0959. The van der Waals surface area contributed by atoms with Crippen LogP contribution in [0, 0.1) is 6.92 Å². The molecule has 1 heterocycles. The van der Waals surface area contributed by atoms with Crippen LogP contribution < -0.4 is 29.1 Å². The maximum absolute atomic E-state index is 13.1. The van der Waals surface area contributed by atoms with Gasteiger partial charge in [-0.15, -0.1) is 0 Å². The molecular formula is C26H21BrO8. The van der Waals surface area contributed by atoms with Crippen molar-refractivity contribution in [2.24, 2.45) is 0 Å². The molecular weight excluding hydrogens is 520 g/mol. The lowest BCUT2D eigenvalue weighted by Crippen LogP contribution is -2.11. The Morgan fingerprint density at radius 2 is 1.54 bits per heavy atom. The number of carbonyl (C=O) groups excluding carboxylic acids is 1. The predicted molar refractivity (Wildman–Crippen MR) is 132 cm³/mol. The van der Waals surface area contributed by atoms with Gasteiger partial charge in [0.25, 0.3) is 0 Å². The van der Waals surface area contributed by atoms with E-state index in [9.17, 15) is 9.59 Å². The quantitative estimate of drug-likeness (QED) is 0.211. The first-order valence-corrected chi connectivity index (χ1v) is 11.2. The summed E-state index contributed by atoms with van der Waals surface area (Å²) in [6, 6.07) is 14.7. The minimum atomic E-state index is -0.656. The van der Waals surface area contributed by atoms with E-state index in [-0.39, 0.29) is 39.2 Å². The fraction of sp³-hybridized carbons (Fsp3) is 0.154. The Balaban J connectivity index is 1.65. The van der Waals surface area contributed by atoms with Gasteiger partial charge in [0.05, 0.1) is 36.8 Å². The molecule has 35 heavy (non-hydrogen) atoms. The highest BCUT2D eigenvalue weighted by molar-refractivity contribution is 9.10. The fourth-order valence-corrected chi connectivity index (χ4v) is 3.82. The maximum Gasteiger partial charge on any atom is 0.343 e. The molecule has 0 fully saturated rings. The van der Waals surface area contributed by atoms with Crippen LogP contribution in [-0.4, -0.2) is 27.3 Å². The van der Waals surface area contributed by atoms with Crippen molar-refractivity contribution in [3.05, 3.63) is 80.6 Å². The third-order valence-corrected chi connectivity index (χ3v) is 5.80. The number of ether oxygens (including phenoxy) is 5. The first-order valence-electron chi connectivity index (χ1n) is 10.4. The van der Waals surface area contributed by atoms with Crippen molar-refractivity contribution in [1.29, 1.82) is 0 Å². The average molecular weight is 541 g/mol. The predicted octanol–water partition coefficient (Wildman–Crippen LogP) is 5.90. The molecule has 0 atom stereocenters. The van der Waals surface area contributed by atoms with Crippen LogP contribution in [0.15, 0.2) is 68.3 Å². The lowest BCUT2D eigenvalue weighted by atomic mass is 10.1. The molecule has 4 rings (SSSR count). The molecule has 0 N–H and O–H groups in total. The molecule has 0 aliphatic heterocycles. The van der Waals surface area contributed by atoms with E-state index >= 15 is 0 Å². The Bertz CT molecular complexity index is 1450. The van der Waals surface area contributed by atoms with Gasteiger partial charge in [-0.05, 0) is 59.3 Å². The second-order valence-electron chi connectivity index (χ2n) is 7.31. The highest BCUT2D eigenvalue weighted by Crippen LogP contribution is 2.38. The van der Waals surface area contributed by atoms with E-state index < -0.39 is 5.97 Å². The molecule has 4 aromatic rings. The van der Waals surface area contributed by atoms with Crippen LogP contribution in [0.1, 0.15) is 16.1 Å². The summed E-state index contributed by atoms with van der Waals surface area (Å²) in [4.78, 5) is 25.9. The molecule has 180 valence electrons. The van der Waals surface area contributed by atoms with Gasteiger partial charge in [-0.2, -0.15) is 0 Å². The number of esters is 1. The topological polar surface area (TPSA) is 93.4 Å². The van der Waals surface area contributed by atoms with Crippen LogP contribution in [0.25, 0.3) is 11.0 Å². The van der Waals surface area contributed by atoms with E-state index in [1.165, 1.54) is 51.7 Å². The van der Waals surface area contributed by atoms with E-state index in [0.29, 0.717) is 27.5 Å². The number of benzene rings is 3. The number of methoxy groups -OCH3 is 3. The molecule has 0 spiro atoms. The summed E-state index contributed by atoms with van der Waals surface area (Å²) in [6.45, 7) is 1.63. The molecule has 0 unspecified atom stereocenters. The largest absolute Gasteiger partial charge is 0.493 e. The monoisotopic (exact) mass is 540 g/mol. The highest BCUT2D eigenvalue weighted by Gasteiger charge is 2.20. The van der Waals surface area contributed by atoms with Crippen molar-refractivity contribution < 1.29 is 32.9 Å². The normalized spacial score (nSPS) is 10.7. The molecule has 0 bridgehead atoms. The second kappa shape index (κ2) is 10.1. The lowest BCUT2D eigenvalue weighted by molar-refractivity contribution is 0.0734. The molecule has 9 heteroatoms. The van der Waals surface area contributed by atoms with Gasteiger partial charge in [0, 0.05) is 6.07 Å². The molecule has 3 aromatic carbocycles. The zero-order chi connectivity index (χ0) is 25.1. The molecule has 0 aliphatic carbocycles. The van der Waals surface area contributed by atoms with E-state index in [2.05, 4.69) is 15.9 Å². The van der Waals surface area contributed by atoms with Gasteiger partial charge in [0.15, 0.2) is 11.5 Å². The van der Waals surface area contributed by atoms with Crippen LogP contribution in [0.3, 0.4) is 0 Å². The van der Waals surface area contributed by atoms with Gasteiger partial charge in [-0.25, -0.2) is 4.79 Å². The molecule has 0 saturated heterocycles. The molecule has 0 aliphatic rings. The van der Waals surface area contributed by atoms with E-state index in [4.69, 9.17) is 28.1 Å². The Hall–Kier alpha value is -3.98. The molecule has 8 nitrogen and oxygen atoms in total. The summed E-state index contributed by atoms with van der Waals surface area (Å²) in [6.07, 6.45) is 0. The third-order valence-electron chi connectivity index (χ3n) is 5.15. The van der Waals surface area contributed by atoms with Crippen LogP contribution in [0.4, 0.5) is 0 Å². The minimum Gasteiger partial charge on any atom is -0.493 e. The van der Waals surface area contributed by atoms with Gasteiger partial charge < -0.3 is 28.1 Å². The Kier molecular flexibility index (Phi) is 6.97. The minimum absolute atomic E-state index is 0.0755. The van der Waals surface area contributed by atoms with Crippen molar-refractivity contribution in [3.8, 4) is 34.5 Å². The number of hydrogen-bond donors (Lipinski definition) is 0. The number of rotatable bonds is 7. The fourth-order valence-electron chi connectivity index (χ4n) is 3.45. The van der Waals surface area contributed by atoms with E-state index in [1.54, 1.807) is 19.1 Å². The van der Waals surface area contributed by atoms with E-state index in [0.717, 1.165) is 0 Å². The van der Waals surface area contributed by atoms with Crippen molar-refractivity contribution in [1.82, 2.24) is 0 Å².